The second kappa shape index (κ2) is 8.33. The van der Waals surface area contributed by atoms with Crippen molar-refractivity contribution in [2.75, 3.05) is 24.5 Å². The van der Waals surface area contributed by atoms with Gasteiger partial charge in [-0.2, -0.15) is 10.1 Å². The van der Waals surface area contributed by atoms with Crippen LogP contribution in [0.4, 0.5) is 10.1 Å². The quantitative estimate of drug-likeness (QED) is 0.568. The Morgan fingerprint density at radius 3 is 2.97 bits per heavy atom. The standard InChI is InChI=1S/C21H21Cl2FN6O/c1-11(18-13(22)4-5-14(24)19(18)23)30-8-2-3-15-17(30)9-16(28-27-15)21-26-20(29-31-21)12-6-7-25-10-12/h4-5,9,11-12,25H,2-3,6-8,10H2,1H3/t11-,12?/m1/s1. The molecule has 162 valence electrons. The van der Waals surface area contributed by atoms with Crippen LogP contribution in [0.5, 0.6) is 0 Å². The van der Waals surface area contributed by atoms with Gasteiger partial charge in [0.2, 0.25) is 0 Å². The fraction of sp³-hybridized carbons (Fsp3) is 0.429. The van der Waals surface area contributed by atoms with Gasteiger partial charge >= 0.3 is 0 Å². The zero-order valence-corrected chi connectivity index (χ0v) is 18.4. The van der Waals surface area contributed by atoms with E-state index >= 15 is 0 Å². The van der Waals surface area contributed by atoms with E-state index in [0.717, 1.165) is 50.3 Å². The van der Waals surface area contributed by atoms with Crippen LogP contribution >= 0.6 is 23.2 Å². The number of aryl methyl sites for hydroxylation is 1. The molecular weight excluding hydrogens is 442 g/mol. The minimum absolute atomic E-state index is 0.0427. The molecule has 1 saturated heterocycles. The van der Waals surface area contributed by atoms with E-state index in [1.165, 1.54) is 12.1 Å². The van der Waals surface area contributed by atoms with Crippen LogP contribution < -0.4 is 10.2 Å². The number of rotatable bonds is 4. The van der Waals surface area contributed by atoms with Crippen molar-refractivity contribution in [1.29, 1.82) is 0 Å². The minimum Gasteiger partial charge on any atom is -0.363 e. The van der Waals surface area contributed by atoms with E-state index in [1.807, 2.05) is 13.0 Å². The first-order valence-corrected chi connectivity index (χ1v) is 11.1. The molecule has 5 rings (SSSR count). The highest BCUT2D eigenvalue weighted by Gasteiger charge is 2.29. The molecule has 10 heteroatoms. The molecule has 1 fully saturated rings. The molecule has 3 aromatic rings. The maximum absolute atomic E-state index is 14.1. The molecule has 2 aliphatic rings. The fourth-order valence-corrected chi connectivity index (χ4v) is 5.03. The number of fused-ring (bicyclic) bond motifs is 1. The lowest BCUT2D eigenvalue weighted by molar-refractivity contribution is 0.415. The lowest BCUT2D eigenvalue weighted by atomic mass is 10.0. The van der Waals surface area contributed by atoms with Gasteiger partial charge in [0.05, 0.1) is 22.4 Å². The number of halogens is 3. The summed E-state index contributed by atoms with van der Waals surface area (Å²) in [6.07, 6.45) is 2.68. The highest BCUT2D eigenvalue weighted by molar-refractivity contribution is 6.36. The number of benzene rings is 1. The van der Waals surface area contributed by atoms with Crippen molar-refractivity contribution in [2.45, 2.75) is 38.1 Å². The first kappa shape index (κ1) is 20.6. The summed E-state index contributed by atoms with van der Waals surface area (Å²) >= 11 is 12.7. The summed E-state index contributed by atoms with van der Waals surface area (Å²) in [4.78, 5) is 6.68. The lowest BCUT2D eigenvalue weighted by Gasteiger charge is -2.36. The van der Waals surface area contributed by atoms with Crippen LogP contribution in [0.25, 0.3) is 11.6 Å². The highest BCUT2D eigenvalue weighted by atomic mass is 35.5. The van der Waals surface area contributed by atoms with Gasteiger partial charge in [-0.1, -0.05) is 28.4 Å². The number of hydrogen-bond donors (Lipinski definition) is 1. The van der Waals surface area contributed by atoms with Crippen LogP contribution in [-0.2, 0) is 6.42 Å². The van der Waals surface area contributed by atoms with E-state index in [1.54, 1.807) is 0 Å². The summed E-state index contributed by atoms with van der Waals surface area (Å²) in [5.74, 6) is 0.788. The highest BCUT2D eigenvalue weighted by Crippen LogP contribution is 2.40. The third-order valence-corrected chi connectivity index (χ3v) is 6.73. The van der Waals surface area contributed by atoms with Crippen LogP contribution in [0, 0.1) is 5.82 Å². The third kappa shape index (κ3) is 3.77. The molecule has 0 bridgehead atoms. The van der Waals surface area contributed by atoms with Crippen molar-refractivity contribution in [2.24, 2.45) is 0 Å². The smallest absolute Gasteiger partial charge is 0.278 e. The third-order valence-electron chi connectivity index (χ3n) is 6.02. The van der Waals surface area contributed by atoms with Crippen molar-refractivity contribution in [3.8, 4) is 11.6 Å². The van der Waals surface area contributed by atoms with Gasteiger partial charge < -0.3 is 14.7 Å². The largest absolute Gasteiger partial charge is 0.363 e. The Hall–Kier alpha value is -2.29. The van der Waals surface area contributed by atoms with E-state index in [2.05, 4.69) is 30.6 Å². The van der Waals surface area contributed by atoms with Crippen molar-refractivity contribution in [3.63, 3.8) is 0 Å². The second-order valence-corrected chi connectivity index (χ2v) is 8.72. The first-order valence-electron chi connectivity index (χ1n) is 10.3. The number of anilines is 1. The van der Waals surface area contributed by atoms with Crippen LogP contribution in [0.3, 0.4) is 0 Å². The molecule has 2 atom stereocenters. The number of aromatic nitrogens is 4. The van der Waals surface area contributed by atoms with Crippen LogP contribution in [-0.4, -0.2) is 40.0 Å². The summed E-state index contributed by atoms with van der Waals surface area (Å²) < 4.78 is 19.6. The molecule has 1 aromatic carbocycles. The molecule has 4 heterocycles. The van der Waals surface area contributed by atoms with E-state index in [9.17, 15) is 4.39 Å². The number of nitrogens with one attached hydrogen (secondary N) is 1. The van der Waals surface area contributed by atoms with Gasteiger partial charge in [-0.05, 0) is 50.9 Å². The Balaban J connectivity index is 1.50. The van der Waals surface area contributed by atoms with Crippen LogP contribution in [0.2, 0.25) is 10.0 Å². The van der Waals surface area contributed by atoms with E-state index in [0.29, 0.717) is 28.0 Å². The molecule has 0 aliphatic carbocycles. The van der Waals surface area contributed by atoms with Gasteiger partial charge in [-0.25, -0.2) is 4.39 Å². The van der Waals surface area contributed by atoms with Gasteiger partial charge in [0, 0.05) is 29.6 Å². The normalized spacial score (nSPS) is 19.5. The van der Waals surface area contributed by atoms with Crippen molar-refractivity contribution in [1.82, 2.24) is 25.7 Å². The summed E-state index contributed by atoms with van der Waals surface area (Å²) in [7, 11) is 0. The van der Waals surface area contributed by atoms with Crippen molar-refractivity contribution < 1.29 is 8.91 Å². The summed E-state index contributed by atoms with van der Waals surface area (Å²) in [6, 6.07) is 4.47. The fourth-order valence-electron chi connectivity index (χ4n) is 4.34. The molecule has 31 heavy (non-hydrogen) atoms. The summed E-state index contributed by atoms with van der Waals surface area (Å²) in [5, 5.41) is 16.6. The van der Waals surface area contributed by atoms with E-state index < -0.39 is 5.82 Å². The maximum Gasteiger partial charge on any atom is 0.278 e. The molecule has 0 radical (unpaired) electrons. The first-order chi connectivity index (χ1) is 15.0. The van der Waals surface area contributed by atoms with Gasteiger partial charge in [0.1, 0.15) is 5.82 Å². The molecule has 2 aliphatic heterocycles. The molecule has 2 aromatic heterocycles. The average molecular weight is 463 g/mol. The predicted octanol–water partition coefficient (Wildman–Crippen LogP) is 4.56. The molecule has 7 nitrogen and oxygen atoms in total. The van der Waals surface area contributed by atoms with Crippen molar-refractivity contribution in [3.05, 3.63) is 51.1 Å². The Morgan fingerprint density at radius 2 is 2.16 bits per heavy atom. The number of nitrogens with zero attached hydrogens (tertiary/aromatic N) is 5. The average Bonchev–Trinajstić information content (AvgIpc) is 3.47. The zero-order valence-electron chi connectivity index (χ0n) is 16.9. The van der Waals surface area contributed by atoms with E-state index in [-0.39, 0.29) is 17.0 Å². The Kier molecular flexibility index (Phi) is 5.54. The van der Waals surface area contributed by atoms with Crippen LogP contribution in [0.1, 0.15) is 48.8 Å². The molecular formula is C21H21Cl2FN6O. The zero-order chi connectivity index (χ0) is 21.5. The predicted molar refractivity (Wildman–Crippen MR) is 116 cm³/mol. The topological polar surface area (TPSA) is 80.0 Å². The number of hydrogen-bond acceptors (Lipinski definition) is 7. The molecule has 0 amide bonds. The van der Waals surface area contributed by atoms with Gasteiger partial charge in [0.15, 0.2) is 11.5 Å². The van der Waals surface area contributed by atoms with Crippen LogP contribution in [0.15, 0.2) is 22.7 Å². The summed E-state index contributed by atoms with van der Waals surface area (Å²) in [5.41, 5.74) is 2.83. The molecule has 0 spiro atoms. The Labute approximate surface area is 188 Å². The Bertz CT molecular complexity index is 1120. The Morgan fingerprint density at radius 1 is 1.29 bits per heavy atom. The van der Waals surface area contributed by atoms with E-state index in [4.69, 9.17) is 27.7 Å². The molecule has 1 unspecified atom stereocenters. The lowest BCUT2D eigenvalue weighted by Crippen LogP contribution is -2.33. The second-order valence-electron chi connectivity index (χ2n) is 7.94. The maximum atomic E-state index is 14.1. The molecule has 0 saturated carbocycles. The summed E-state index contributed by atoms with van der Waals surface area (Å²) in [6.45, 7) is 4.51. The van der Waals surface area contributed by atoms with Gasteiger partial charge in [0.25, 0.3) is 5.89 Å². The van der Waals surface area contributed by atoms with Gasteiger partial charge in [-0.3, -0.25) is 0 Å². The monoisotopic (exact) mass is 462 g/mol. The minimum atomic E-state index is -0.488. The SMILES string of the molecule is C[C@H](c1c(Cl)ccc(F)c1Cl)N1CCCc2nnc(-c3nc(C4CCNC4)no3)cc21. The van der Waals surface area contributed by atoms with Crippen molar-refractivity contribution >= 4 is 28.9 Å². The van der Waals surface area contributed by atoms with Gasteiger partial charge in [-0.15, -0.1) is 5.10 Å². The molecule has 1 N–H and O–H groups in total.